The highest BCUT2D eigenvalue weighted by Crippen LogP contribution is 2.28. The van der Waals surface area contributed by atoms with Crippen LogP contribution in [-0.4, -0.2) is 18.2 Å². The third-order valence-corrected chi connectivity index (χ3v) is 3.79. The summed E-state index contributed by atoms with van der Waals surface area (Å²) in [5.74, 6) is 0.433. The molecule has 0 aromatic carbocycles. The molecule has 1 rings (SSSR count). The number of allylic oxidation sites excluding steroid dienone is 1. The van der Waals surface area contributed by atoms with Gasteiger partial charge in [-0.2, -0.15) is 8.42 Å². The van der Waals surface area contributed by atoms with Crippen molar-refractivity contribution in [1.82, 2.24) is 0 Å². The average molecular weight is 190 g/mol. The minimum Gasteiger partial charge on any atom is -0.285 e. The zero-order valence-corrected chi connectivity index (χ0v) is 7.76. The predicted octanol–water partition coefficient (Wildman–Crippen LogP) is 1.62. The maximum atomic E-state index is 10.7. The van der Waals surface area contributed by atoms with Crippen LogP contribution < -0.4 is 0 Å². The summed E-state index contributed by atoms with van der Waals surface area (Å²) in [6, 6.07) is 0. The van der Waals surface area contributed by atoms with Gasteiger partial charge >= 0.3 is 0 Å². The molecule has 0 saturated heterocycles. The molecule has 4 heteroatoms. The maximum Gasteiger partial charge on any atom is 0.267 e. The number of rotatable bonds is 2. The van der Waals surface area contributed by atoms with E-state index < -0.39 is 15.4 Å². The molecular formula is C8H14O3S. The molecule has 0 aromatic rings. The molecule has 0 aromatic heterocycles. The van der Waals surface area contributed by atoms with Gasteiger partial charge in [-0.05, 0) is 31.6 Å². The lowest BCUT2D eigenvalue weighted by molar-refractivity contribution is 0.387. The lowest BCUT2D eigenvalue weighted by atomic mass is 9.89. The van der Waals surface area contributed by atoms with Crippen molar-refractivity contribution in [2.75, 3.05) is 0 Å². The van der Waals surface area contributed by atoms with Crippen LogP contribution in [0.5, 0.6) is 0 Å². The lowest BCUT2D eigenvalue weighted by Gasteiger charge is -2.23. The smallest absolute Gasteiger partial charge is 0.267 e. The Morgan fingerprint density at radius 1 is 1.25 bits per heavy atom. The molecular weight excluding hydrogens is 176 g/mol. The minimum atomic E-state index is -3.79. The van der Waals surface area contributed by atoms with Crippen LogP contribution >= 0.6 is 0 Å². The molecule has 0 amide bonds. The fourth-order valence-corrected chi connectivity index (χ4v) is 2.49. The van der Waals surface area contributed by atoms with Crippen LogP contribution in [0.2, 0.25) is 0 Å². The average Bonchev–Trinajstić information content (AvgIpc) is 2.03. The van der Waals surface area contributed by atoms with Gasteiger partial charge in [0.15, 0.2) is 0 Å². The number of hydrogen-bond acceptors (Lipinski definition) is 2. The van der Waals surface area contributed by atoms with Crippen molar-refractivity contribution in [2.45, 2.75) is 30.9 Å². The Labute approximate surface area is 73.2 Å². The standard InChI is InChI=1S/C8H14O3S/c1-2-7-3-5-8(6-4-7)12(9,10)11/h2,7-8H,1,3-6H2,(H,9,10,11). The lowest BCUT2D eigenvalue weighted by Crippen LogP contribution is -2.25. The molecule has 0 radical (unpaired) electrons. The summed E-state index contributed by atoms with van der Waals surface area (Å²) in [7, 11) is -3.79. The molecule has 0 heterocycles. The summed E-state index contributed by atoms with van der Waals surface area (Å²) < 4.78 is 30.2. The van der Waals surface area contributed by atoms with Crippen molar-refractivity contribution in [1.29, 1.82) is 0 Å². The van der Waals surface area contributed by atoms with Crippen LogP contribution in [0.3, 0.4) is 0 Å². The summed E-state index contributed by atoms with van der Waals surface area (Å²) >= 11 is 0. The SMILES string of the molecule is C=CC1CCC(S(=O)(=O)O)CC1. The molecule has 12 heavy (non-hydrogen) atoms. The van der Waals surface area contributed by atoms with Gasteiger partial charge in [0.1, 0.15) is 0 Å². The van der Waals surface area contributed by atoms with E-state index >= 15 is 0 Å². The summed E-state index contributed by atoms with van der Waals surface area (Å²) in [4.78, 5) is 0. The van der Waals surface area contributed by atoms with Crippen LogP contribution in [0.1, 0.15) is 25.7 Å². The summed E-state index contributed by atoms with van der Waals surface area (Å²) in [6.07, 6.45) is 4.65. The van der Waals surface area contributed by atoms with Gasteiger partial charge in [0.05, 0.1) is 5.25 Å². The first-order chi connectivity index (χ1) is 5.54. The summed E-state index contributed by atoms with van der Waals surface area (Å²) in [5.41, 5.74) is 0. The fourth-order valence-electron chi connectivity index (χ4n) is 1.62. The van der Waals surface area contributed by atoms with Gasteiger partial charge in [0, 0.05) is 0 Å². The van der Waals surface area contributed by atoms with Crippen LogP contribution in [-0.2, 0) is 10.1 Å². The largest absolute Gasteiger partial charge is 0.285 e. The molecule has 3 nitrogen and oxygen atoms in total. The Balaban J connectivity index is 2.52. The van der Waals surface area contributed by atoms with Crippen molar-refractivity contribution in [2.24, 2.45) is 5.92 Å². The highest BCUT2D eigenvalue weighted by molar-refractivity contribution is 7.86. The van der Waals surface area contributed by atoms with Gasteiger partial charge in [-0.25, -0.2) is 0 Å². The van der Waals surface area contributed by atoms with Gasteiger partial charge in [-0.1, -0.05) is 6.08 Å². The van der Waals surface area contributed by atoms with Gasteiger partial charge < -0.3 is 0 Å². The Hall–Kier alpha value is -0.350. The molecule has 0 bridgehead atoms. The van der Waals surface area contributed by atoms with Crippen molar-refractivity contribution < 1.29 is 13.0 Å². The van der Waals surface area contributed by atoms with Gasteiger partial charge in [0.2, 0.25) is 0 Å². The first-order valence-corrected chi connectivity index (χ1v) is 5.63. The van der Waals surface area contributed by atoms with Crippen LogP contribution in [0, 0.1) is 5.92 Å². The van der Waals surface area contributed by atoms with E-state index in [1.807, 2.05) is 6.08 Å². The van der Waals surface area contributed by atoms with E-state index in [-0.39, 0.29) is 0 Å². The van der Waals surface area contributed by atoms with E-state index in [2.05, 4.69) is 6.58 Å². The third-order valence-electron chi connectivity index (χ3n) is 2.47. The van der Waals surface area contributed by atoms with Crippen molar-refractivity contribution in [3.05, 3.63) is 12.7 Å². The van der Waals surface area contributed by atoms with Gasteiger partial charge in [-0.15, -0.1) is 6.58 Å². The molecule has 1 fully saturated rings. The molecule has 1 aliphatic carbocycles. The Morgan fingerprint density at radius 3 is 2.08 bits per heavy atom. The van der Waals surface area contributed by atoms with Crippen LogP contribution in [0.15, 0.2) is 12.7 Å². The predicted molar refractivity (Wildman–Crippen MR) is 47.5 cm³/mol. The van der Waals surface area contributed by atoms with Gasteiger partial charge in [0.25, 0.3) is 10.1 Å². The normalized spacial score (nSPS) is 31.4. The van der Waals surface area contributed by atoms with E-state index in [0.29, 0.717) is 18.8 Å². The quantitative estimate of drug-likeness (QED) is 0.531. The molecule has 70 valence electrons. The van der Waals surface area contributed by atoms with E-state index in [1.165, 1.54) is 0 Å². The summed E-state index contributed by atoms with van der Waals surface area (Å²) in [5, 5.41) is -0.534. The van der Waals surface area contributed by atoms with Crippen molar-refractivity contribution in [3.63, 3.8) is 0 Å². The molecule has 0 unspecified atom stereocenters. The number of hydrogen-bond donors (Lipinski definition) is 1. The first-order valence-electron chi connectivity index (χ1n) is 4.13. The maximum absolute atomic E-state index is 10.7. The van der Waals surface area contributed by atoms with Crippen molar-refractivity contribution in [3.8, 4) is 0 Å². The zero-order chi connectivity index (χ0) is 9.19. The first kappa shape index (κ1) is 9.74. The van der Waals surface area contributed by atoms with Crippen molar-refractivity contribution >= 4 is 10.1 Å². The van der Waals surface area contributed by atoms with E-state index in [1.54, 1.807) is 0 Å². The van der Waals surface area contributed by atoms with E-state index in [4.69, 9.17) is 4.55 Å². The highest BCUT2D eigenvalue weighted by Gasteiger charge is 2.27. The van der Waals surface area contributed by atoms with Crippen LogP contribution in [0.4, 0.5) is 0 Å². The second-order valence-electron chi connectivity index (χ2n) is 3.29. The fraction of sp³-hybridized carbons (Fsp3) is 0.750. The minimum absolute atomic E-state index is 0.433. The molecule has 0 spiro atoms. The van der Waals surface area contributed by atoms with E-state index in [9.17, 15) is 8.42 Å². The third kappa shape index (κ3) is 2.32. The molecule has 1 N–H and O–H groups in total. The van der Waals surface area contributed by atoms with E-state index in [0.717, 1.165) is 12.8 Å². The molecule has 1 saturated carbocycles. The van der Waals surface area contributed by atoms with Crippen LogP contribution in [0.25, 0.3) is 0 Å². The molecule has 0 atom stereocenters. The highest BCUT2D eigenvalue weighted by atomic mass is 32.2. The Bertz CT molecular complexity index is 247. The second kappa shape index (κ2) is 3.58. The van der Waals surface area contributed by atoms with Gasteiger partial charge in [-0.3, -0.25) is 4.55 Å². The monoisotopic (exact) mass is 190 g/mol. The summed E-state index contributed by atoms with van der Waals surface area (Å²) in [6.45, 7) is 3.66. The topological polar surface area (TPSA) is 54.4 Å². The molecule has 1 aliphatic rings. The Kier molecular flexibility index (Phi) is 2.90. The zero-order valence-electron chi connectivity index (χ0n) is 6.94. The molecule has 0 aliphatic heterocycles. The Morgan fingerprint density at radius 2 is 1.75 bits per heavy atom. The second-order valence-corrected chi connectivity index (χ2v) is 4.98.